The Kier molecular flexibility index (Phi) is 3.71. The number of carbonyl (C=O) groups is 1. The summed E-state index contributed by atoms with van der Waals surface area (Å²) in [7, 11) is -3.02. The van der Waals surface area contributed by atoms with Crippen LogP contribution in [0.1, 0.15) is 18.4 Å². The van der Waals surface area contributed by atoms with Gasteiger partial charge in [0.15, 0.2) is 15.9 Å². The maximum Gasteiger partial charge on any atom is 0.408 e. The number of benzene rings is 1. The van der Waals surface area contributed by atoms with Gasteiger partial charge in [0.05, 0.1) is 17.2 Å². The molecule has 0 unspecified atom stereocenters. The molecule has 4 rings (SSSR count). The lowest BCUT2D eigenvalue weighted by atomic mass is 10.1. The number of aliphatic imine (C=N–C) groups is 1. The number of ether oxygens (including phenoxy) is 1. The fourth-order valence-electron chi connectivity index (χ4n) is 3.46. The van der Waals surface area contributed by atoms with Gasteiger partial charge in [-0.15, -0.1) is 0 Å². The molecule has 1 aromatic rings. The van der Waals surface area contributed by atoms with Crippen LogP contribution >= 0.6 is 0 Å². The number of sulfone groups is 1. The molecule has 3 aliphatic heterocycles. The Hall–Kier alpha value is -2.09. The highest BCUT2D eigenvalue weighted by atomic mass is 32.2. The number of amides is 1. The standard InChI is InChI=1S/C16H19N3O4S/c20-16(17-12-6-8-24(21,22)10-12)23-14-5-7-19-9-11-3-1-2-4-13(11)18-15(14)19/h1-4,12,14H,5-10H2,(H,17,20)/t12-,14-/m0/s1. The van der Waals surface area contributed by atoms with Gasteiger partial charge in [-0.25, -0.2) is 18.2 Å². The summed E-state index contributed by atoms with van der Waals surface area (Å²) in [4.78, 5) is 18.8. The molecule has 2 saturated heterocycles. The summed E-state index contributed by atoms with van der Waals surface area (Å²) in [6.45, 7) is 1.57. The molecule has 128 valence electrons. The summed E-state index contributed by atoms with van der Waals surface area (Å²) < 4.78 is 28.4. The van der Waals surface area contributed by atoms with Gasteiger partial charge in [0, 0.05) is 25.6 Å². The Morgan fingerprint density at radius 2 is 2.12 bits per heavy atom. The van der Waals surface area contributed by atoms with Crippen LogP contribution in [0.15, 0.2) is 29.3 Å². The number of amidine groups is 1. The number of para-hydroxylation sites is 1. The molecule has 0 spiro atoms. The van der Waals surface area contributed by atoms with E-state index in [9.17, 15) is 13.2 Å². The molecule has 0 aliphatic carbocycles. The lowest BCUT2D eigenvalue weighted by Gasteiger charge is -2.26. The SMILES string of the molecule is O=C(N[C@H]1CCS(=O)(=O)C1)O[C@H]1CCN2Cc3ccccc3N=C12. The lowest BCUT2D eigenvalue weighted by molar-refractivity contribution is 0.125. The fraction of sp³-hybridized carbons (Fsp3) is 0.500. The van der Waals surface area contributed by atoms with E-state index in [4.69, 9.17) is 4.74 Å². The second-order valence-electron chi connectivity index (χ2n) is 6.45. The summed E-state index contributed by atoms with van der Waals surface area (Å²) in [5, 5.41) is 2.66. The first-order chi connectivity index (χ1) is 11.5. The van der Waals surface area contributed by atoms with Crippen LogP contribution in [-0.2, 0) is 21.1 Å². The first kappa shape index (κ1) is 15.4. The molecule has 8 heteroatoms. The third-order valence-corrected chi connectivity index (χ3v) is 6.43. The van der Waals surface area contributed by atoms with Gasteiger partial charge in [-0.1, -0.05) is 18.2 Å². The van der Waals surface area contributed by atoms with Gasteiger partial charge in [0.2, 0.25) is 0 Å². The van der Waals surface area contributed by atoms with Crippen molar-refractivity contribution in [1.29, 1.82) is 0 Å². The van der Waals surface area contributed by atoms with Gasteiger partial charge in [-0.3, -0.25) is 0 Å². The third-order valence-electron chi connectivity index (χ3n) is 4.66. The van der Waals surface area contributed by atoms with E-state index >= 15 is 0 Å². The predicted octanol–water partition coefficient (Wildman–Crippen LogP) is 1.22. The van der Waals surface area contributed by atoms with Gasteiger partial charge in [0.25, 0.3) is 0 Å². The van der Waals surface area contributed by atoms with Crippen LogP contribution in [0.5, 0.6) is 0 Å². The van der Waals surface area contributed by atoms with E-state index in [0.717, 1.165) is 24.6 Å². The molecule has 1 amide bonds. The first-order valence-corrected chi connectivity index (χ1v) is 9.91. The Morgan fingerprint density at radius 1 is 1.29 bits per heavy atom. The largest absolute Gasteiger partial charge is 0.438 e. The van der Waals surface area contributed by atoms with Crippen LogP contribution in [0, 0.1) is 0 Å². The number of fused-ring (bicyclic) bond motifs is 2. The van der Waals surface area contributed by atoms with Crippen molar-refractivity contribution in [3.8, 4) is 0 Å². The van der Waals surface area contributed by atoms with Gasteiger partial charge < -0.3 is 15.0 Å². The Labute approximate surface area is 140 Å². The van der Waals surface area contributed by atoms with E-state index in [2.05, 4.69) is 21.3 Å². The van der Waals surface area contributed by atoms with Crippen molar-refractivity contribution in [2.45, 2.75) is 31.5 Å². The second kappa shape index (κ2) is 5.77. The minimum atomic E-state index is -3.02. The highest BCUT2D eigenvalue weighted by Gasteiger charge is 2.36. The van der Waals surface area contributed by atoms with E-state index < -0.39 is 15.9 Å². The zero-order valence-electron chi connectivity index (χ0n) is 13.1. The minimum absolute atomic E-state index is 0.00673. The van der Waals surface area contributed by atoms with Gasteiger partial charge in [0.1, 0.15) is 5.84 Å². The molecular formula is C16H19N3O4S. The molecule has 3 aliphatic rings. The van der Waals surface area contributed by atoms with Crippen LogP contribution in [0.2, 0.25) is 0 Å². The van der Waals surface area contributed by atoms with Gasteiger partial charge in [-0.05, 0) is 18.1 Å². The average molecular weight is 349 g/mol. The number of alkyl carbamates (subject to hydrolysis) is 1. The molecule has 0 aromatic heterocycles. The fourth-order valence-corrected chi connectivity index (χ4v) is 5.13. The molecule has 2 fully saturated rings. The van der Waals surface area contributed by atoms with E-state index in [1.807, 2.05) is 18.2 Å². The molecule has 3 heterocycles. The maximum absolute atomic E-state index is 12.1. The van der Waals surface area contributed by atoms with E-state index in [-0.39, 0.29) is 23.7 Å². The minimum Gasteiger partial charge on any atom is -0.438 e. The lowest BCUT2D eigenvalue weighted by Crippen LogP contribution is -2.40. The van der Waals surface area contributed by atoms with Crippen molar-refractivity contribution in [3.63, 3.8) is 0 Å². The predicted molar refractivity (Wildman–Crippen MR) is 89.0 cm³/mol. The normalized spacial score (nSPS) is 27.2. The highest BCUT2D eigenvalue weighted by Crippen LogP contribution is 2.31. The monoisotopic (exact) mass is 349 g/mol. The summed E-state index contributed by atoms with van der Waals surface area (Å²) in [6.07, 6.45) is 0.202. The number of carbonyl (C=O) groups excluding carboxylic acids is 1. The van der Waals surface area contributed by atoms with Crippen molar-refractivity contribution < 1.29 is 17.9 Å². The van der Waals surface area contributed by atoms with Crippen LogP contribution in [0.4, 0.5) is 10.5 Å². The second-order valence-corrected chi connectivity index (χ2v) is 8.68. The topological polar surface area (TPSA) is 88.1 Å². The number of nitrogens with one attached hydrogen (secondary N) is 1. The molecule has 0 saturated carbocycles. The number of nitrogens with zero attached hydrogens (tertiary/aromatic N) is 2. The molecule has 0 radical (unpaired) electrons. The van der Waals surface area contributed by atoms with E-state index in [1.165, 1.54) is 5.56 Å². The number of hydrogen-bond donors (Lipinski definition) is 1. The molecular weight excluding hydrogens is 330 g/mol. The zero-order chi connectivity index (χ0) is 16.7. The van der Waals surface area contributed by atoms with Crippen molar-refractivity contribution in [3.05, 3.63) is 29.8 Å². The Bertz CT molecular complexity index is 805. The van der Waals surface area contributed by atoms with E-state index in [0.29, 0.717) is 12.8 Å². The first-order valence-electron chi connectivity index (χ1n) is 8.09. The molecule has 1 aromatic carbocycles. The summed E-state index contributed by atoms with van der Waals surface area (Å²) >= 11 is 0. The Morgan fingerprint density at radius 3 is 2.92 bits per heavy atom. The molecule has 1 N–H and O–H groups in total. The summed E-state index contributed by atoms with van der Waals surface area (Å²) in [6, 6.07) is 7.59. The zero-order valence-corrected chi connectivity index (χ0v) is 14.0. The number of hydrogen-bond acceptors (Lipinski definition) is 6. The highest BCUT2D eigenvalue weighted by molar-refractivity contribution is 7.91. The quantitative estimate of drug-likeness (QED) is 0.867. The molecule has 0 bridgehead atoms. The van der Waals surface area contributed by atoms with Crippen molar-refractivity contribution in [2.75, 3.05) is 18.1 Å². The smallest absolute Gasteiger partial charge is 0.408 e. The van der Waals surface area contributed by atoms with Crippen molar-refractivity contribution >= 4 is 27.5 Å². The number of rotatable bonds is 2. The summed E-state index contributed by atoms with van der Waals surface area (Å²) in [5.74, 6) is 0.897. The summed E-state index contributed by atoms with van der Waals surface area (Å²) in [5.41, 5.74) is 2.09. The van der Waals surface area contributed by atoms with Crippen LogP contribution in [0.25, 0.3) is 0 Å². The Balaban J connectivity index is 1.42. The van der Waals surface area contributed by atoms with Crippen LogP contribution in [0.3, 0.4) is 0 Å². The average Bonchev–Trinajstić information content (AvgIpc) is 3.08. The van der Waals surface area contributed by atoms with Crippen molar-refractivity contribution in [1.82, 2.24) is 10.2 Å². The van der Waals surface area contributed by atoms with Crippen LogP contribution < -0.4 is 5.32 Å². The molecule has 24 heavy (non-hydrogen) atoms. The van der Waals surface area contributed by atoms with E-state index in [1.54, 1.807) is 0 Å². The maximum atomic E-state index is 12.1. The van der Waals surface area contributed by atoms with Gasteiger partial charge in [-0.2, -0.15) is 0 Å². The molecule has 2 atom stereocenters. The molecule has 7 nitrogen and oxygen atoms in total. The third kappa shape index (κ3) is 2.98. The van der Waals surface area contributed by atoms with Gasteiger partial charge >= 0.3 is 6.09 Å². The van der Waals surface area contributed by atoms with Crippen molar-refractivity contribution in [2.24, 2.45) is 4.99 Å². The van der Waals surface area contributed by atoms with Crippen LogP contribution in [-0.4, -0.2) is 55.4 Å².